The number of hydrogen-bond donors (Lipinski definition) is 2. The van der Waals surface area contributed by atoms with Gasteiger partial charge in [-0.3, -0.25) is 14.8 Å². The Morgan fingerprint density at radius 2 is 2.00 bits per heavy atom. The molecule has 7 nitrogen and oxygen atoms in total. The highest BCUT2D eigenvalue weighted by atomic mass is 16.5. The Labute approximate surface area is 144 Å². The number of nitrogens with zero attached hydrogens (tertiary/aromatic N) is 2. The van der Waals surface area contributed by atoms with Gasteiger partial charge in [0.2, 0.25) is 5.56 Å². The van der Waals surface area contributed by atoms with Crippen molar-refractivity contribution < 1.29 is 9.53 Å². The van der Waals surface area contributed by atoms with E-state index < -0.39 is 5.97 Å². The number of hydrogen-bond acceptors (Lipinski definition) is 5. The van der Waals surface area contributed by atoms with Crippen LogP contribution in [0, 0.1) is 0 Å². The first-order chi connectivity index (χ1) is 12.1. The number of nitrogens with one attached hydrogen (secondary N) is 2. The number of ether oxygens (including phenoxy) is 1. The molecule has 0 fully saturated rings. The minimum atomic E-state index is -0.412. The van der Waals surface area contributed by atoms with Gasteiger partial charge in [-0.25, -0.2) is 4.79 Å². The van der Waals surface area contributed by atoms with E-state index in [1.165, 1.54) is 0 Å². The predicted molar refractivity (Wildman–Crippen MR) is 94.3 cm³/mol. The van der Waals surface area contributed by atoms with Crippen LogP contribution in [-0.2, 0) is 17.8 Å². The van der Waals surface area contributed by atoms with Gasteiger partial charge in [0.15, 0.2) is 0 Å². The smallest absolute Gasteiger partial charge is 0.356 e. The molecule has 2 heterocycles. The van der Waals surface area contributed by atoms with Crippen LogP contribution in [0.2, 0.25) is 0 Å². The molecule has 0 atom stereocenters. The van der Waals surface area contributed by atoms with Gasteiger partial charge in [0, 0.05) is 35.6 Å². The molecule has 130 valence electrons. The maximum Gasteiger partial charge on any atom is 0.356 e. The third-order valence-electron chi connectivity index (χ3n) is 3.91. The zero-order chi connectivity index (χ0) is 17.8. The molecule has 0 bridgehead atoms. The van der Waals surface area contributed by atoms with Crippen LogP contribution in [0.25, 0.3) is 10.9 Å². The van der Waals surface area contributed by atoms with E-state index >= 15 is 0 Å². The molecule has 0 aliphatic rings. The van der Waals surface area contributed by atoms with Gasteiger partial charge >= 0.3 is 5.97 Å². The molecule has 0 amide bonds. The van der Waals surface area contributed by atoms with Gasteiger partial charge in [-0.15, -0.1) is 0 Å². The first-order valence-electron chi connectivity index (χ1n) is 8.07. The standard InChI is InChI=1S/C18H20N4O3/c1-3-25-18(24)17-13(9-19-21-17)11-22(2)10-12-8-16(23)20-15-7-5-4-6-14(12)15/h4-9H,3,10-11H2,1-2H3,(H,19,21)(H,20,23). The summed E-state index contributed by atoms with van der Waals surface area (Å²) in [6, 6.07) is 9.31. The summed E-state index contributed by atoms with van der Waals surface area (Å²) in [5.41, 5.74) is 2.74. The number of carbonyl (C=O) groups is 1. The first kappa shape index (κ1) is 16.9. The summed E-state index contributed by atoms with van der Waals surface area (Å²) in [6.07, 6.45) is 1.62. The zero-order valence-corrected chi connectivity index (χ0v) is 14.2. The lowest BCUT2D eigenvalue weighted by Gasteiger charge is -2.17. The Morgan fingerprint density at radius 1 is 1.24 bits per heavy atom. The Morgan fingerprint density at radius 3 is 2.80 bits per heavy atom. The highest BCUT2D eigenvalue weighted by Crippen LogP contribution is 2.17. The van der Waals surface area contributed by atoms with Crippen LogP contribution in [-0.4, -0.2) is 39.7 Å². The number of aromatic nitrogens is 3. The van der Waals surface area contributed by atoms with Gasteiger partial charge in [-0.1, -0.05) is 18.2 Å². The van der Waals surface area contributed by atoms with Gasteiger partial charge < -0.3 is 9.72 Å². The summed E-state index contributed by atoms with van der Waals surface area (Å²) in [4.78, 5) is 28.7. The van der Waals surface area contributed by atoms with Gasteiger partial charge in [-0.2, -0.15) is 5.10 Å². The lowest BCUT2D eigenvalue weighted by atomic mass is 10.1. The molecule has 2 aromatic heterocycles. The Balaban J connectivity index is 1.80. The molecule has 25 heavy (non-hydrogen) atoms. The molecule has 0 spiro atoms. The van der Waals surface area contributed by atoms with Crippen LogP contribution in [0.4, 0.5) is 0 Å². The van der Waals surface area contributed by atoms with E-state index in [2.05, 4.69) is 15.2 Å². The fourth-order valence-electron chi connectivity index (χ4n) is 2.86. The van der Waals surface area contributed by atoms with Crippen LogP contribution in [0.5, 0.6) is 0 Å². The molecular formula is C18H20N4O3. The number of pyridine rings is 1. The lowest BCUT2D eigenvalue weighted by molar-refractivity contribution is 0.0517. The molecule has 3 aromatic rings. The van der Waals surface area contributed by atoms with Crippen LogP contribution in [0.3, 0.4) is 0 Å². The minimum absolute atomic E-state index is 0.127. The third-order valence-corrected chi connectivity index (χ3v) is 3.91. The monoisotopic (exact) mass is 340 g/mol. The highest BCUT2D eigenvalue weighted by Gasteiger charge is 2.16. The number of carbonyl (C=O) groups excluding carboxylic acids is 1. The second-order valence-corrected chi connectivity index (χ2v) is 5.87. The number of fused-ring (bicyclic) bond motifs is 1. The number of H-pyrrole nitrogens is 2. The van der Waals surface area contributed by atoms with Crippen LogP contribution in [0.15, 0.2) is 41.3 Å². The third kappa shape index (κ3) is 3.77. The van der Waals surface area contributed by atoms with Gasteiger partial charge in [0.05, 0.1) is 12.8 Å². The summed E-state index contributed by atoms with van der Waals surface area (Å²) in [6.45, 7) is 3.15. The van der Waals surface area contributed by atoms with Crippen molar-refractivity contribution in [3.8, 4) is 0 Å². The summed E-state index contributed by atoms with van der Waals surface area (Å²) >= 11 is 0. The van der Waals surface area contributed by atoms with E-state index in [0.717, 1.165) is 22.0 Å². The Bertz CT molecular complexity index is 945. The maximum atomic E-state index is 11.9. The molecule has 0 aliphatic heterocycles. The van der Waals surface area contributed by atoms with Crippen molar-refractivity contribution in [2.45, 2.75) is 20.0 Å². The average molecular weight is 340 g/mol. The Hall–Kier alpha value is -2.93. The van der Waals surface area contributed by atoms with E-state index in [1.54, 1.807) is 19.2 Å². The van der Waals surface area contributed by atoms with Crippen LogP contribution < -0.4 is 5.56 Å². The van der Waals surface area contributed by atoms with E-state index in [9.17, 15) is 9.59 Å². The first-order valence-corrected chi connectivity index (χ1v) is 8.07. The molecule has 0 unspecified atom stereocenters. The summed E-state index contributed by atoms with van der Waals surface area (Å²) in [5.74, 6) is -0.412. The van der Waals surface area contributed by atoms with Crippen molar-refractivity contribution in [2.24, 2.45) is 0 Å². The van der Waals surface area contributed by atoms with Crippen LogP contribution >= 0.6 is 0 Å². The molecule has 0 radical (unpaired) electrons. The predicted octanol–water partition coefficient (Wildman–Crippen LogP) is 2.06. The van der Waals surface area contributed by atoms with Crippen molar-refractivity contribution in [1.29, 1.82) is 0 Å². The second-order valence-electron chi connectivity index (χ2n) is 5.87. The van der Waals surface area contributed by atoms with Gasteiger partial charge in [0.25, 0.3) is 0 Å². The van der Waals surface area contributed by atoms with Gasteiger partial charge in [0.1, 0.15) is 5.69 Å². The second kappa shape index (κ2) is 7.31. The molecule has 0 aliphatic carbocycles. The lowest BCUT2D eigenvalue weighted by Crippen LogP contribution is -2.20. The number of rotatable bonds is 6. The number of esters is 1. The molecule has 3 rings (SSSR count). The molecule has 1 aromatic carbocycles. The normalized spacial score (nSPS) is 11.2. The van der Waals surface area contributed by atoms with E-state index in [1.807, 2.05) is 36.2 Å². The van der Waals surface area contributed by atoms with Crippen molar-refractivity contribution >= 4 is 16.9 Å². The Kier molecular flexibility index (Phi) is 4.95. The SMILES string of the molecule is CCOC(=O)c1[nH]ncc1CN(C)Cc1cc(=O)[nH]c2ccccc12. The highest BCUT2D eigenvalue weighted by molar-refractivity contribution is 5.88. The fraction of sp³-hybridized carbons (Fsp3) is 0.278. The summed E-state index contributed by atoms with van der Waals surface area (Å²) < 4.78 is 5.03. The summed E-state index contributed by atoms with van der Waals surface area (Å²) in [5, 5.41) is 7.64. The van der Waals surface area contributed by atoms with Crippen molar-refractivity contribution in [2.75, 3.05) is 13.7 Å². The number of benzene rings is 1. The maximum absolute atomic E-state index is 11.9. The van der Waals surface area contributed by atoms with Crippen molar-refractivity contribution in [3.63, 3.8) is 0 Å². The van der Waals surface area contributed by atoms with E-state index in [0.29, 0.717) is 25.4 Å². The van der Waals surface area contributed by atoms with Crippen molar-refractivity contribution in [1.82, 2.24) is 20.1 Å². The molecule has 2 N–H and O–H groups in total. The van der Waals surface area contributed by atoms with Gasteiger partial charge in [-0.05, 0) is 25.6 Å². The molecule has 0 saturated heterocycles. The van der Waals surface area contributed by atoms with E-state index in [4.69, 9.17) is 4.74 Å². The fourth-order valence-corrected chi connectivity index (χ4v) is 2.86. The molecule has 7 heteroatoms. The summed E-state index contributed by atoms with van der Waals surface area (Å²) in [7, 11) is 1.93. The van der Waals surface area contributed by atoms with Crippen molar-refractivity contribution in [3.05, 3.63) is 63.7 Å². The number of aromatic amines is 2. The number of para-hydroxylation sites is 1. The quantitative estimate of drug-likeness (QED) is 0.670. The molecule has 0 saturated carbocycles. The topological polar surface area (TPSA) is 91.1 Å². The largest absolute Gasteiger partial charge is 0.461 e. The molecular weight excluding hydrogens is 320 g/mol. The zero-order valence-electron chi connectivity index (χ0n) is 14.2. The van der Waals surface area contributed by atoms with Crippen LogP contribution in [0.1, 0.15) is 28.5 Å². The minimum Gasteiger partial charge on any atom is -0.461 e. The van der Waals surface area contributed by atoms with E-state index in [-0.39, 0.29) is 5.56 Å². The average Bonchev–Trinajstić information content (AvgIpc) is 3.03.